The maximum absolute atomic E-state index is 4.63. The lowest BCUT2D eigenvalue weighted by molar-refractivity contribution is 0.544. The topological polar surface area (TPSA) is 24.4 Å². The van der Waals surface area contributed by atoms with Crippen molar-refractivity contribution in [1.82, 2.24) is 5.32 Å². The molecule has 0 aromatic carbocycles. The van der Waals surface area contributed by atoms with Crippen molar-refractivity contribution in [2.24, 2.45) is 10.9 Å². The lowest BCUT2D eigenvalue weighted by Crippen LogP contribution is -2.25. The minimum atomic E-state index is 0.537. The number of hydrogen-bond donors (Lipinski definition) is 1. The molecule has 1 atom stereocenters. The number of nitrogens with zero attached hydrogens (tertiary/aromatic N) is 1. The SMILES string of the molecule is CCCCCCCCCCCCCCC=CC(CCCC)C1=NCCN1. The molecule has 2 nitrogen and oxygen atoms in total. The van der Waals surface area contributed by atoms with E-state index in [1.165, 1.54) is 109 Å². The van der Waals surface area contributed by atoms with Gasteiger partial charge in [-0.3, -0.25) is 4.99 Å². The van der Waals surface area contributed by atoms with Crippen LogP contribution in [0, 0.1) is 5.92 Å². The second kappa shape index (κ2) is 17.6. The monoisotopic (exact) mass is 362 g/mol. The number of rotatable bonds is 18. The predicted octanol–water partition coefficient (Wildman–Crippen LogP) is 7.44. The van der Waals surface area contributed by atoms with Crippen LogP contribution in [0.2, 0.25) is 0 Å². The normalized spacial score (nSPS) is 15.4. The van der Waals surface area contributed by atoms with Crippen LogP contribution in [0.5, 0.6) is 0 Å². The highest BCUT2D eigenvalue weighted by molar-refractivity contribution is 5.87. The zero-order valence-electron chi connectivity index (χ0n) is 17.9. The van der Waals surface area contributed by atoms with Crippen molar-refractivity contribution in [3.8, 4) is 0 Å². The molecule has 0 spiro atoms. The van der Waals surface area contributed by atoms with Crippen LogP contribution in [0.4, 0.5) is 0 Å². The summed E-state index contributed by atoms with van der Waals surface area (Å²) in [5.74, 6) is 1.78. The summed E-state index contributed by atoms with van der Waals surface area (Å²) in [4.78, 5) is 4.63. The van der Waals surface area contributed by atoms with Crippen LogP contribution in [0.3, 0.4) is 0 Å². The minimum absolute atomic E-state index is 0.537. The molecule has 0 saturated heterocycles. The lowest BCUT2D eigenvalue weighted by atomic mass is 9.99. The molecule has 0 aliphatic carbocycles. The molecular weight excluding hydrogens is 316 g/mol. The molecule has 0 fully saturated rings. The van der Waals surface area contributed by atoms with Crippen molar-refractivity contribution < 1.29 is 0 Å². The Hall–Kier alpha value is -0.790. The first kappa shape index (κ1) is 23.2. The molecule has 0 bridgehead atoms. The summed E-state index contributed by atoms with van der Waals surface area (Å²) in [7, 11) is 0. The van der Waals surface area contributed by atoms with Crippen LogP contribution < -0.4 is 5.32 Å². The van der Waals surface area contributed by atoms with Gasteiger partial charge in [-0.25, -0.2) is 0 Å². The Labute approximate surface area is 164 Å². The summed E-state index contributed by atoms with van der Waals surface area (Å²) in [6.07, 6.45) is 27.1. The van der Waals surface area contributed by atoms with E-state index >= 15 is 0 Å². The van der Waals surface area contributed by atoms with Crippen molar-refractivity contribution in [2.75, 3.05) is 13.1 Å². The van der Waals surface area contributed by atoms with Gasteiger partial charge in [0.1, 0.15) is 5.84 Å². The molecule has 152 valence electrons. The molecule has 26 heavy (non-hydrogen) atoms. The molecule has 0 aromatic heterocycles. The lowest BCUT2D eigenvalue weighted by Gasteiger charge is -2.13. The van der Waals surface area contributed by atoms with Gasteiger partial charge in [0.15, 0.2) is 0 Å². The van der Waals surface area contributed by atoms with Crippen molar-refractivity contribution in [3.05, 3.63) is 12.2 Å². The Morgan fingerprint density at radius 2 is 1.38 bits per heavy atom. The second-order valence-electron chi connectivity index (χ2n) is 8.05. The van der Waals surface area contributed by atoms with Gasteiger partial charge in [0.05, 0.1) is 6.54 Å². The molecule has 0 amide bonds. The molecule has 0 aromatic rings. The zero-order valence-corrected chi connectivity index (χ0v) is 17.9. The van der Waals surface area contributed by atoms with Crippen molar-refractivity contribution >= 4 is 5.84 Å². The van der Waals surface area contributed by atoms with E-state index in [4.69, 9.17) is 0 Å². The van der Waals surface area contributed by atoms with Crippen LogP contribution in [0.25, 0.3) is 0 Å². The Morgan fingerprint density at radius 3 is 1.92 bits per heavy atom. The first-order valence-electron chi connectivity index (χ1n) is 11.8. The number of aliphatic imine (C=N–C) groups is 1. The van der Waals surface area contributed by atoms with Gasteiger partial charge < -0.3 is 5.32 Å². The second-order valence-corrected chi connectivity index (χ2v) is 8.05. The van der Waals surface area contributed by atoms with E-state index in [-0.39, 0.29) is 0 Å². The summed E-state index contributed by atoms with van der Waals surface area (Å²) < 4.78 is 0. The smallest absolute Gasteiger partial charge is 0.103 e. The Balaban J connectivity index is 1.94. The zero-order chi connectivity index (χ0) is 18.7. The van der Waals surface area contributed by atoms with E-state index in [0.717, 1.165) is 13.1 Å². The molecular formula is C24H46N2. The molecule has 1 N–H and O–H groups in total. The van der Waals surface area contributed by atoms with Crippen molar-refractivity contribution in [1.29, 1.82) is 0 Å². The fourth-order valence-electron chi connectivity index (χ4n) is 3.78. The fraction of sp³-hybridized carbons (Fsp3) is 0.875. The largest absolute Gasteiger partial charge is 0.371 e. The van der Waals surface area contributed by atoms with Gasteiger partial charge in [-0.05, 0) is 19.3 Å². The highest BCUT2D eigenvalue weighted by Gasteiger charge is 2.14. The summed E-state index contributed by atoms with van der Waals surface area (Å²) in [6, 6.07) is 0. The molecule has 1 aliphatic rings. The minimum Gasteiger partial charge on any atom is -0.371 e. The van der Waals surface area contributed by atoms with Gasteiger partial charge in [-0.1, -0.05) is 109 Å². The van der Waals surface area contributed by atoms with Gasteiger partial charge in [0.2, 0.25) is 0 Å². The predicted molar refractivity (Wildman–Crippen MR) is 118 cm³/mol. The summed E-state index contributed by atoms with van der Waals surface area (Å²) in [5.41, 5.74) is 0. The van der Waals surface area contributed by atoms with Crippen LogP contribution in [-0.4, -0.2) is 18.9 Å². The maximum atomic E-state index is 4.63. The summed E-state index contributed by atoms with van der Waals surface area (Å²) >= 11 is 0. The van der Waals surface area contributed by atoms with Crippen LogP contribution in [0.1, 0.15) is 117 Å². The number of unbranched alkanes of at least 4 members (excludes halogenated alkanes) is 13. The molecule has 1 unspecified atom stereocenters. The van der Waals surface area contributed by atoms with E-state index in [0.29, 0.717) is 5.92 Å². The van der Waals surface area contributed by atoms with Gasteiger partial charge in [-0.2, -0.15) is 0 Å². The first-order valence-corrected chi connectivity index (χ1v) is 11.8. The van der Waals surface area contributed by atoms with Gasteiger partial charge in [0.25, 0.3) is 0 Å². The van der Waals surface area contributed by atoms with E-state index in [2.05, 4.69) is 36.3 Å². The number of hydrogen-bond acceptors (Lipinski definition) is 2. The van der Waals surface area contributed by atoms with Gasteiger partial charge in [-0.15, -0.1) is 0 Å². The van der Waals surface area contributed by atoms with Gasteiger partial charge in [0, 0.05) is 12.5 Å². The molecule has 0 radical (unpaired) electrons. The summed E-state index contributed by atoms with van der Waals surface area (Å²) in [6.45, 7) is 6.56. The molecule has 1 heterocycles. The third-order valence-corrected chi connectivity index (χ3v) is 5.51. The highest BCUT2D eigenvalue weighted by Crippen LogP contribution is 2.15. The first-order chi connectivity index (χ1) is 12.9. The van der Waals surface area contributed by atoms with Crippen LogP contribution >= 0.6 is 0 Å². The van der Waals surface area contributed by atoms with E-state index in [9.17, 15) is 0 Å². The van der Waals surface area contributed by atoms with Crippen molar-refractivity contribution in [3.63, 3.8) is 0 Å². The maximum Gasteiger partial charge on any atom is 0.103 e. The van der Waals surface area contributed by atoms with Crippen molar-refractivity contribution in [2.45, 2.75) is 117 Å². The standard InChI is InChI=1S/C24H46N2/c1-3-5-7-8-9-10-11-12-13-14-15-16-17-18-20-23(19-6-4-2)24-25-21-22-26-24/h18,20,23H,3-17,19,21-22H2,1-2H3,(H,25,26). The third kappa shape index (κ3) is 12.5. The third-order valence-electron chi connectivity index (χ3n) is 5.51. The number of nitrogens with one attached hydrogen (secondary N) is 1. The highest BCUT2D eigenvalue weighted by atomic mass is 15.1. The summed E-state index contributed by atoms with van der Waals surface area (Å²) in [5, 5.41) is 3.46. The van der Waals surface area contributed by atoms with E-state index < -0.39 is 0 Å². The van der Waals surface area contributed by atoms with Crippen LogP contribution in [0.15, 0.2) is 17.1 Å². The van der Waals surface area contributed by atoms with Gasteiger partial charge >= 0.3 is 0 Å². The molecule has 2 heteroatoms. The molecule has 1 aliphatic heterocycles. The number of allylic oxidation sites excluding steroid dienone is 1. The molecule has 1 rings (SSSR count). The average Bonchev–Trinajstić information content (AvgIpc) is 3.19. The van der Waals surface area contributed by atoms with E-state index in [1.54, 1.807) is 0 Å². The number of amidine groups is 1. The fourth-order valence-corrected chi connectivity index (χ4v) is 3.78. The average molecular weight is 363 g/mol. The van der Waals surface area contributed by atoms with Crippen LogP contribution in [-0.2, 0) is 0 Å². The molecule has 0 saturated carbocycles. The van der Waals surface area contributed by atoms with E-state index in [1.807, 2.05) is 0 Å². The quantitative estimate of drug-likeness (QED) is 0.199. The Kier molecular flexibility index (Phi) is 15.8. The Bertz CT molecular complexity index is 359. The Morgan fingerprint density at radius 1 is 0.808 bits per heavy atom.